The Kier molecular flexibility index (Phi) is 4.31. The molecule has 0 spiro atoms. The molecule has 1 heteroatoms. The SMILES string of the molecule is CCCCCc1nc(C)c(C)c(C)c1C. The molecule has 0 fully saturated rings. The fourth-order valence-corrected chi connectivity index (χ4v) is 1.93. The normalized spacial score (nSPS) is 10.7. The van der Waals surface area contributed by atoms with Gasteiger partial charge in [0.15, 0.2) is 0 Å². The Morgan fingerprint density at radius 2 is 1.53 bits per heavy atom. The second-order valence-electron chi connectivity index (χ2n) is 4.48. The monoisotopic (exact) mass is 205 g/mol. The maximum atomic E-state index is 4.70. The Bertz CT molecular complexity index is 340. The molecule has 0 amide bonds. The van der Waals surface area contributed by atoms with Gasteiger partial charge < -0.3 is 0 Å². The Hall–Kier alpha value is -0.850. The predicted molar refractivity (Wildman–Crippen MR) is 66.4 cm³/mol. The van der Waals surface area contributed by atoms with Gasteiger partial charge in [0.1, 0.15) is 0 Å². The van der Waals surface area contributed by atoms with Crippen molar-refractivity contribution in [1.82, 2.24) is 4.98 Å². The topological polar surface area (TPSA) is 12.9 Å². The van der Waals surface area contributed by atoms with Crippen molar-refractivity contribution in [2.75, 3.05) is 0 Å². The fraction of sp³-hybridized carbons (Fsp3) is 0.643. The van der Waals surface area contributed by atoms with Gasteiger partial charge in [-0.25, -0.2) is 0 Å². The van der Waals surface area contributed by atoms with Crippen molar-refractivity contribution in [2.24, 2.45) is 0 Å². The van der Waals surface area contributed by atoms with Crippen molar-refractivity contribution in [3.8, 4) is 0 Å². The number of rotatable bonds is 4. The van der Waals surface area contributed by atoms with Crippen molar-refractivity contribution in [3.05, 3.63) is 28.1 Å². The number of hydrogen-bond donors (Lipinski definition) is 0. The fourth-order valence-electron chi connectivity index (χ4n) is 1.93. The third-order valence-electron chi connectivity index (χ3n) is 3.42. The van der Waals surface area contributed by atoms with Crippen LogP contribution in [-0.2, 0) is 6.42 Å². The highest BCUT2D eigenvalue weighted by Crippen LogP contribution is 2.19. The summed E-state index contributed by atoms with van der Waals surface area (Å²) in [6.07, 6.45) is 5.00. The van der Waals surface area contributed by atoms with Crippen LogP contribution in [0.4, 0.5) is 0 Å². The molecule has 0 atom stereocenters. The van der Waals surface area contributed by atoms with E-state index in [2.05, 4.69) is 34.6 Å². The lowest BCUT2D eigenvalue weighted by atomic mass is 9.99. The van der Waals surface area contributed by atoms with Crippen LogP contribution < -0.4 is 0 Å². The third kappa shape index (κ3) is 2.80. The molecule has 0 aliphatic carbocycles. The Morgan fingerprint density at radius 1 is 0.867 bits per heavy atom. The molecule has 15 heavy (non-hydrogen) atoms. The van der Waals surface area contributed by atoms with Gasteiger partial charge in [0.25, 0.3) is 0 Å². The third-order valence-corrected chi connectivity index (χ3v) is 3.42. The molecule has 0 unspecified atom stereocenters. The average Bonchev–Trinajstić information content (AvgIpc) is 2.23. The number of nitrogens with zero attached hydrogens (tertiary/aromatic N) is 1. The van der Waals surface area contributed by atoms with Gasteiger partial charge in [0.05, 0.1) is 0 Å². The Labute approximate surface area is 93.9 Å². The van der Waals surface area contributed by atoms with E-state index < -0.39 is 0 Å². The van der Waals surface area contributed by atoms with E-state index in [1.54, 1.807) is 0 Å². The minimum atomic E-state index is 1.14. The summed E-state index contributed by atoms with van der Waals surface area (Å²) >= 11 is 0. The molecule has 1 aromatic rings. The molecule has 0 saturated carbocycles. The maximum absolute atomic E-state index is 4.70. The van der Waals surface area contributed by atoms with E-state index in [4.69, 9.17) is 4.98 Å². The lowest BCUT2D eigenvalue weighted by Crippen LogP contribution is -2.02. The van der Waals surface area contributed by atoms with E-state index >= 15 is 0 Å². The summed E-state index contributed by atoms with van der Waals surface area (Å²) in [4.78, 5) is 4.70. The molecule has 1 rings (SSSR count). The van der Waals surface area contributed by atoms with Crippen LogP contribution in [0.3, 0.4) is 0 Å². The first-order valence-electron chi connectivity index (χ1n) is 6.01. The van der Waals surface area contributed by atoms with Gasteiger partial charge in [-0.05, 0) is 57.2 Å². The number of aromatic nitrogens is 1. The summed E-state index contributed by atoms with van der Waals surface area (Å²) in [6, 6.07) is 0. The smallest absolute Gasteiger partial charge is 0.0438 e. The number of hydrogen-bond acceptors (Lipinski definition) is 1. The number of unbranched alkanes of at least 4 members (excludes halogenated alkanes) is 2. The molecule has 0 radical (unpaired) electrons. The molecule has 0 aliphatic heterocycles. The molecule has 0 saturated heterocycles. The van der Waals surface area contributed by atoms with Crippen molar-refractivity contribution in [1.29, 1.82) is 0 Å². The van der Waals surface area contributed by atoms with Gasteiger partial charge in [-0.2, -0.15) is 0 Å². The van der Waals surface area contributed by atoms with Crippen LogP contribution in [0.5, 0.6) is 0 Å². The summed E-state index contributed by atoms with van der Waals surface area (Å²) < 4.78 is 0. The Morgan fingerprint density at radius 3 is 2.13 bits per heavy atom. The molecule has 0 bridgehead atoms. The largest absolute Gasteiger partial charge is 0.258 e. The molecule has 1 heterocycles. The van der Waals surface area contributed by atoms with Crippen molar-refractivity contribution < 1.29 is 0 Å². The first-order valence-corrected chi connectivity index (χ1v) is 6.01. The predicted octanol–water partition coefficient (Wildman–Crippen LogP) is 4.05. The van der Waals surface area contributed by atoms with E-state index in [9.17, 15) is 0 Å². The van der Waals surface area contributed by atoms with Crippen molar-refractivity contribution in [2.45, 2.75) is 60.3 Å². The highest BCUT2D eigenvalue weighted by atomic mass is 14.7. The van der Waals surface area contributed by atoms with Crippen LogP contribution in [0.1, 0.15) is 54.3 Å². The van der Waals surface area contributed by atoms with E-state index in [1.807, 2.05) is 0 Å². The minimum Gasteiger partial charge on any atom is -0.258 e. The summed E-state index contributed by atoms with van der Waals surface area (Å²) in [5.74, 6) is 0. The molecule has 0 aromatic carbocycles. The highest BCUT2D eigenvalue weighted by molar-refractivity contribution is 5.37. The van der Waals surface area contributed by atoms with Crippen LogP contribution in [0.2, 0.25) is 0 Å². The van der Waals surface area contributed by atoms with Gasteiger partial charge in [-0.1, -0.05) is 19.8 Å². The summed E-state index contributed by atoms with van der Waals surface area (Å²) in [6.45, 7) is 10.9. The summed E-state index contributed by atoms with van der Waals surface area (Å²) in [7, 11) is 0. The molecule has 0 N–H and O–H groups in total. The van der Waals surface area contributed by atoms with Crippen LogP contribution in [-0.4, -0.2) is 4.98 Å². The van der Waals surface area contributed by atoms with Crippen molar-refractivity contribution >= 4 is 0 Å². The zero-order valence-corrected chi connectivity index (χ0v) is 10.8. The average molecular weight is 205 g/mol. The zero-order chi connectivity index (χ0) is 11.4. The first kappa shape index (κ1) is 12.2. The van der Waals surface area contributed by atoms with E-state index in [0.717, 1.165) is 6.42 Å². The van der Waals surface area contributed by atoms with Gasteiger partial charge in [-0.3, -0.25) is 4.98 Å². The number of pyridine rings is 1. The standard InChI is InChI=1S/C14H23N/c1-6-7-8-9-14-12(4)10(2)11(3)13(5)15-14/h6-9H2,1-5H3. The molecule has 0 aliphatic rings. The van der Waals surface area contributed by atoms with Crippen LogP contribution in [0.25, 0.3) is 0 Å². The van der Waals surface area contributed by atoms with E-state index in [-0.39, 0.29) is 0 Å². The van der Waals surface area contributed by atoms with Gasteiger partial charge in [0, 0.05) is 11.4 Å². The highest BCUT2D eigenvalue weighted by Gasteiger charge is 2.07. The molecule has 84 valence electrons. The van der Waals surface area contributed by atoms with Gasteiger partial charge in [-0.15, -0.1) is 0 Å². The summed E-state index contributed by atoms with van der Waals surface area (Å²) in [5.41, 5.74) is 6.68. The van der Waals surface area contributed by atoms with E-state index in [0.29, 0.717) is 0 Å². The summed E-state index contributed by atoms with van der Waals surface area (Å²) in [5, 5.41) is 0. The first-order chi connectivity index (χ1) is 7.07. The molecule has 1 nitrogen and oxygen atoms in total. The van der Waals surface area contributed by atoms with Crippen LogP contribution in [0.15, 0.2) is 0 Å². The molecular weight excluding hydrogens is 182 g/mol. The van der Waals surface area contributed by atoms with E-state index in [1.165, 1.54) is 47.3 Å². The second kappa shape index (κ2) is 5.29. The number of aryl methyl sites for hydroxylation is 2. The lowest BCUT2D eigenvalue weighted by Gasteiger charge is -2.12. The van der Waals surface area contributed by atoms with Gasteiger partial charge in [0.2, 0.25) is 0 Å². The van der Waals surface area contributed by atoms with Crippen LogP contribution >= 0.6 is 0 Å². The minimum absolute atomic E-state index is 1.14. The Balaban J connectivity index is 2.89. The second-order valence-corrected chi connectivity index (χ2v) is 4.48. The lowest BCUT2D eigenvalue weighted by molar-refractivity contribution is 0.701. The molecule has 1 aromatic heterocycles. The molecular formula is C14H23N. The maximum Gasteiger partial charge on any atom is 0.0438 e. The zero-order valence-electron chi connectivity index (χ0n) is 10.8. The van der Waals surface area contributed by atoms with Crippen LogP contribution in [0, 0.1) is 27.7 Å². The van der Waals surface area contributed by atoms with Gasteiger partial charge >= 0.3 is 0 Å². The quantitative estimate of drug-likeness (QED) is 0.676. The van der Waals surface area contributed by atoms with Crippen molar-refractivity contribution in [3.63, 3.8) is 0 Å².